The van der Waals surface area contributed by atoms with Crippen molar-refractivity contribution in [3.8, 4) is 5.75 Å². The normalized spacial score (nSPS) is 12.2. The molecule has 2 rings (SSSR count). The van der Waals surface area contributed by atoms with Gasteiger partial charge in [-0.05, 0) is 41.8 Å². The fraction of sp³-hybridized carbons (Fsp3) is 0.250. The molecule has 0 fully saturated rings. The highest BCUT2D eigenvalue weighted by Gasteiger charge is 2.05. The van der Waals surface area contributed by atoms with Gasteiger partial charge in [0.2, 0.25) is 0 Å². The molecule has 2 aromatic carbocycles. The van der Waals surface area contributed by atoms with Crippen LogP contribution < -0.4 is 4.74 Å². The zero-order valence-electron chi connectivity index (χ0n) is 10.8. The third-order valence-electron chi connectivity index (χ3n) is 2.95. The maximum Gasteiger partial charge on any atom is 0.123 e. The molecule has 0 aromatic heterocycles. The summed E-state index contributed by atoms with van der Waals surface area (Å²) in [6.07, 6.45) is 0.205. The molecule has 0 aliphatic rings. The molecule has 19 heavy (non-hydrogen) atoms. The van der Waals surface area contributed by atoms with Crippen molar-refractivity contribution in [3.63, 3.8) is 0 Å². The van der Waals surface area contributed by atoms with Crippen molar-refractivity contribution in [2.75, 3.05) is 0 Å². The molecule has 0 aliphatic carbocycles. The van der Waals surface area contributed by atoms with E-state index in [1.54, 1.807) is 12.1 Å². The lowest BCUT2D eigenvalue weighted by Crippen LogP contribution is -1.98. The highest BCUT2D eigenvalue weighted by atomic mass is 19.1. The second kappa shape index (κ2) is 6.34. The number of aliphatic hydroxyl groups excluding tert-OH is 1. The highest BCUT2D eigenvalue weighted by molar-refractivity contribution is 5.30. The molecule has 0 spiro atoms. The average Bonchev–Trinajstić information content (AvgIpc) is 2.46. The molecule has 0 saturated heterocycles. The first-order chi connectivity index (χ1) is 9.19. The first-order valence-electron chi connectivity index (χ1n) is 6.34. The SMILES string of the molecule is CCC(O)c1cccc(OCc2ccc(F)cc2)c1. The van der Waals surface area contributed by atoms with E-state index in [1.165, 1.54) is 12.1 Å². The van der Waals surface area contributed by atoms with Crippen LogP contribution in [0.25, 0.3) is 0 Å². The van der Waals surface area contributed by atoms with Crippen LogP contribution >= 0.6 is 0 Å². The largest absolute Gasteiger partial charge is 0.489 e. The molecule has 2 aromatic rings. The summed E-state index contributed by atoms with van der Waals surface area (Å²) in [5, 5.41) is 9.77. The van der Waals surface area contributed by atoms with E-state index in [-0.39, 0.29) is 5.82 Å². The van der Waals surface area contributed by atoms with E-state index in [1.807, 2.05) is 31.2 Å². The summed E-state index contributed by atoms with van der Waals surface area (Å²) in [5.41, 5.74) is 1.75. The molecule has 0 heterocycles. The van der Waals surface area contributed by atoms with E-state index in [0.29, 0.717) is 18.8 Å². The van der Waals surface area contributed by atoms with E-state index in [4.69, 9.17) is 4.74 Å². The van der Waals surface area contributed by atoms with Gasteiger partial charge in [-0.2, -0.15) is 0 Å². The second-order valence-corrected chi connectivity index (χ2v) is 4.41. The number of benzene rings is 2. The zero-order chi connectivity index (χ0) is 13.7. The number of ether oxygens (including phenoxy) is 1. The van der Waals surface area contributed by atoms with Crippen molar-refractivity contribution in [2.24, 2.45) is 0 Å². The Morgan fingerprint density at radius 2 is 1.89 bits per heavy atom. The molecule has 2 nitrogen and oxygen atoms in total. The molecule has 0 radical (unpaired) electrons. The molecule has 3 heteroatoms. The predicted molar refractivity (Wildman–Crippen MR) is 72.4 cm³/mol. The molecule has 0 aliphatic heterocycles. The fourth-order valence-corrected chi connectivity index (χ4v) is 1.79. The van der Waals surface area contributed by atoms with Crippen LogP contribution in [0, 0.1) is 5.82 Å². The standard InChI is InChI=1S/C16H17FO2/c1-2-16(18)13-4-3-5-15(10-13)19-11-12-6-8-14(17)9-7-12/h3-10,16,18H,2,11H2,1H3. The van der Waals surface area contributed by atoms with Gasteiger partial charge < -0.3 is 9.84 Å². The van der Waals surface area contributed by atoms with E-state index in [2.05, 4.69) is 0 Å². The summed E-state index contributed by atoms with van der Waals surface area (Å²) < 4.78 is 18.4. The predicted octanol–water partition coefficient (Wildman–Crippen LogP) is 3.85. The van der Waals surface area contributed by atoms with Crippen LogP contribution in [0.15, 0.2) is 48.5 Å². The molecule has 1 atom stereocenters. The maximum absolute atomic E-state index is 12.8. The number of hydrogen-bond acceptors (Lipinski definition) is 2. The number of aliphatic hydroxyl groups is 1. The Kier molecular flexibility index (Phi) is 4.53. The zero-order valence-corrected chi connectivity index (χ0v) is 10.8. The lowest BCUT2D eigenvalue weighted by molar-refractivity contribution is 0.173. The van der Waals surface area contributed by atoms with Crippen LogP contribution in [0.3, 0.4) is 0 Å². The minimum atomic E-state index is -0.464. The Hall–Kier alpha value is -1.87. The lowest BCUT2D eigenvalue weighted by Gasteiger charge is -2.11. The minimum absolute atomic E-state index is 0.253. The van der Waals surface area contributed by atoms with Crippen molar-refractivity contribution in [1.82, 2.24) is 0 Å². The van der Waals surface area contributed by atoms with Gasteiger partial charge in [-0.1, -0.05) is 31.2 Å². The molecule has 0 amide bonds. The van der Waals surface area contributed by atoms with Crippen LogP contribution in [0.4, 0.5) is 4.39 Å². The van der Waals surface area contributed by atoms with Crippen molar-refractivity contribution in [2.45, 2.75) is 26.1 Å². The topological polar surface area (TPSA) is 29.5 Å². The van der Waals surface area contributed by atoms with Gasteiger partial charge in [-0.3, -0.25) is 0 Å². The van der Waals surface area contributed by atoms with Crippen molar-refractivity contribution in [1.29, 1.82) is 0 Å². The van der Waals surface area contributed by atoms with Crippen LogP contribution in [0.5, 0.6) is 5.75 Å². The molecule has 1 unspecified atom stereocenters. The quantitative estimate of drug-likeness (QED) is 0.884. The van der Waals surface area contributed by atoms with Crippen LogP contribution in [0.1, 0.15) is 30.6 Å². The van der Waals surface area contributed by atoms with E-state index in [0.717, 1.165) is 11.1 Å². The second-order valence-electron chi connectivity index (χ2n) is 4.41. The van der Waals surface area contributed by atoms with Gasteiger partial charge in [0.25, 0.3) is 0 Å². The minimum Gasteiger partial charge on any atom is -0.489 e. The maximum atomic E-state index is 12.8. The molecule has 1 N–H and O–H groups in total. The highest BCUT2D eigenvalue weighted by Crippen LogP contribution is 2.22. The van der Waals surface area contributed by atoms with E-state index >= 15 is 0 Å². The smallest absolute Gasteiger partial charge is 0.123 e. The average molecular weight is 260 g/mol. The lowest BCUT2D eigenvalue weighted by atomic mass is 10.1. The summed E-state index contributed by atoms with van der Waals surface area (Å²) >= 11 is 0. The van der Waals surface area contributed by atoms with Gasteiger partial charge in [0.1, 0.15) is 18.2 Å². The van der Waals surface area contributed by atoms with Crippen molar-refractivity contribution in [3.05, 3.63) is 65.5 Å². The third-order valence-corrected chi connectivity index (χ3v) is 2.95. The van der Waals surface area contributed by atoms with Crippen molar-refractivity contribution >= 4 is 0 Å². The summed E-state index contributed by atoms with van der Waals surface area (Å²) in [4.78, 5) is 0. The van der Waals surface area contributed by atoms with Crippen LogP contribution in [-0.4, -0.2) is 5.11 Å². The fourth-order valence-electron chi connectivity index (χ4n) is 1.79. The van der Waals surface area contributed by atoms with Crippen molar-refractivity contribution < 1.29 is 14.2 Å². The third kappa shape index (κ3) is 3.80. The van der Waals surface area contributed by atoms with Crippen LogP contribution in [0.2, 0.25) is 0 Å². The van der Waals surface area contributed by atoms with Gasteiger partial charge in [-0.15, -0.1) is 0 Å². The summed E-state index contributed by atoms with van der Waals surface area (Å²) in [5.74, 6) is 0.450. The van der Waals surface area contributed by atoms with E-state index in [9.17, 15) is 9.50 Å². The Bertz CT molecular complexity index is 523. The van der Waals surface area contributed by atoms with Gasteiger partial charge in [0.15, 0.2) is 0 Å². The summed E-state index contributed by atoms with van der Waals surface area (Å²) in [6.45, 7) is 2.31. The van der Waals surface area contributed by atoms with E-state index < -0.39 is 6.10 Å². The molecular formula is C16H17FO2. The van der Waals surface area contributed by atoms with Gasteiger partial charge in [0, 0.05) is 0 Å². The first-order valence-corrected chi connectivity index (χ1v) is 6.34. The van der Waals surface area contributed by atoms with Gasteiger partial charge in [0.05, 0.1) is 6.10 Å². The Labute approximate surface area is 112 Å². The molecule has 100 valence electrons. The van der Waals surface area contributed by atoms with Gasteiger partial charge >= 0.3 is 0 Å². The number of halogens is 1. The van der Waals surface area contributed by atoms with Gasteiger partial charge in [-0.25, -0.2) is 4.39 Å². The Balaban J connectivity index is 2.01. The molecule has 0 saturated carbocycles. The molecular weight excluding hydrogens is 243 g/mol. The number of rotatable bonds is 5. The Morgan fingerprint density at radius 1 is 1.16 bits per heavy atom. The Morgan fingerprint density at radius 3 is 2.58 bits per heavy atom. The summed E-state index contributed by atoms with van der Waals surface area (Å²) in [6, 6.07) is 13.6. The number of hydrogen-bond donors (Lipinski definition) is 1. The summed E-state index contributed by atoms with van der Waals surface area (Å²) in [7, 11) is 0. The monoisotopic (exact) mass is 260 g/mol. The van der Waals surface area contributed by atoms with Crippen LogP contribution in [-0.2, 0) is 6.61 Å². The first kappa shape index (κ1) is 13.6. The molecule has 0 bridgehead atoms.